The Kier molecular flexibility index (Phi) is 7.43. The highest BCUT2D eigenvalue weighted by Crippen LogP contribution is 2.37. The molecule has 1 aliphatic heterocycles. The molecule has 0 amide bonds. The normalized spacial score (nSPS) is 22.4. The average molecular weight is 568 g/mol. The van der Waals surface area contributed by atoms with E-state index in [0.717, 1.165) is 18.2 Å². The summed E-state index contributed by atoms with van der Waals surface area (Å²) in [6, 6.07) is 13.9. The summed E-state index contributed by atoms with van der Waals surface area (Å²) in [6.45, 7) is -0.777. The lowest BCUT2D eigenvalue weighted by Crippen LogP contribution is -2.61. The highest BCUT2D eigenvalue weighted by Gasteiger charge is 2.48. The van der Waals surface area contributed by atoms with Crippen LogP contribution in [0.5, 0.6) is 28.7 Å². The van der Waals surface area contributed by atoms with E-state index < -0.39 is 77.3 Å². The Morgan fingerprint density at radius 2 is 1.56 bits per heavy atom. The summed E-state index contributed by atoms with van der Waals surface area (Å²) in [6.07, 6.45) is -8.42. The molecule has 1 aliphatic rings. The van der Waals surface area contributed by atoms with Gasteiger partial charge in [-0.25, -0.2) is 4.79 Å². The minimum Gasteiger partial charge on any atom is -0.507 e. The van der Waals surface area contributed by atoms with Gasteiger partial charge in [0.1, 0.15) is 40.4 Å². The molecule has 1 aromatic heterocycles. The molecule has 5 rings (SSSR count). The zero-order chi connectivity index (χ0) is 29.4. The molecule has 5 atom stereocenters. The number of rotatable bonds is 6. The minimum absolute atomic E-state index is 0.0506. The molecule has 41 heavy (non-hydrogen) atoms. The van der Waals surface area contributed by atoms with Crippen LogP contribution in [0, 0.1) is 0 Å². The van der Waals surface area contributed by atoms with Gasteiger partial charge in [-0.05, 0) is 12.1 Å². The summed E-state index contributed by atoms with van der Waals surface area (Å²) >= 11 is 0. The number of carbonyl (C=O) groups is 1. The van der Waals surface area contributed by atoms with Crippen molar-refractivity contribution in [3.8, 4) is 40.1 Å². The first-order valence-corrected chi connectivity index (χ1v) is 12.2. The summed E-state index contributed by atoms with van der Waals surface area (Å²) in [7, 11) is 0. The maximum Gasteiger partial charge on any atom is 0.338 e. The third kappa shape index (κ3) is 5.34. The van der Waals surface area contributed by atoms with Crippen LogP contribution in [0.25, 0.3) is 22.3 Å². The Hall–Kier alpha value is -4.82. The quantitative estimate of drug-likeness (QED) is 0.129. The van der Waals surface area contributed by atoms with Crippen molar-refractivity contribution < 1.29 is 59.2 Å². The van der Waals surface area contributed by atoms with Crippen molar-refractivity contribution in [1.82, 2.24) is 0 Å². The van der Waals surface area contributed by atoms with E-state index in [1.54, 1.807) is 30.3 Å². The molecule has 0 radical (unpaired) electrons. The summed E-state index contributed by atoms with van der Waals surface area (Å²) in [5.74, 6) is -4.14. The third-order valence-electron chi connectivity index (χ3n) is 6.46. The van der Waals surface area contributed by atoms with Gasteiger partial charge in [-0.15, -0.1) is 0 Å². The lowest BCUT2D eigenvalue weighted by atomic mass is 9.98. The van der Waals surface area contributed by atoms with Gasteiger partial charge in [0.05, 0.1) is 12.2 Å². The van der Waals surface area contributed by atoms with Crippen molar-refractivity contribution >= 4 is 16.9 Å². The SMILES string of the molecule is O=C(O[C@@H]1[C@@H](O)[C@H](Oc2cc(O)c3c(=O)cc(-c4ccccc4)oc3c2)O[C@H](CO)[C@H]1O)c1cc(O)c(O)c(O)c1. The van der Waals surface area contributed by atoms with Gasteiger partial charge in [-0.1, -0.05) is 30.3 Å². The fourth-order valence-electron chi connectivity index (χ4n) is 4.39. The van der Waals surface area contributed by atoms with Crippen molar-refractivity contribution in [2.24, 2.45) is 0 Å². The first kappa shape index (κ1) is 27.7. The predicted molar refractivity (Wildman–Crippen MR) is 139 cm³/mol. The maximum atomic E-state index is 12.7. The van der Waals surface area contributed by atoms with Crippen molar-refractivity contribution in [3.05, 3.63) is 76.5 Å². The third-order valence-corrected chi connectivity index (χ3v) is 6.46. The lowest BCUT2D eigenvalue weighted by Gasteiger charge is -2.41. The molecule has 13 nitrogen and oxygen atoms in total. The van der Waals surface area contributed by atoms with Crippen LogP contribution in [0.2, 0.25) is 0 Å². The topological polar surface area (TPSA) is 217 Å². The molecule has 1 saturated heterocycles. The lowest BCUT2D eigenvalue weighted by molar-refractivity contribution is -0.276. The van der Waals surface area contributed by atoms with E-state index in [4.69, 9.17) is 18.6 Å². The van der Waals surface area contributed by atoms with E-state index in [2.05, 4.69) is 0 Å². The van der Waals surface area contributed by atoms with Gasteiger partial charge in [-0.3, -0.25) is 4.79 Å². The molecule has 4 aromatic rings. The van der Waals surface area contributed by atoms with Gasteiger partial charge in [0.15, 0.2) is 34.9 Å². The van der Waals surface area contributed by atoms with Crippen LogP contribution in [-0.4, -0.2) is 79.0 Å². The highest BCUT2D eigenvalue weighted by atomic mass is 16.7. The molecule has 0 spiro atoms. The summed E-state index contributed by atoms with van der Waals surface area (Å²) in [5.41, 5.74) is -0.399. The van der Waals surface area contributed by atoms with Crippen molar-refractivity contribution in [2.75, 3.05) is 6.61 Å². The Labute approximate surface area is 230 Å². The van der Waals surface area contributed by atoms with Gasteiger partial charge in [-0.2, -0.15) is 0 Å². The molecular formula is C28H24O13. The monoisotopic (exact) mass is 568 g/mol. The molecule has 13 heteroatoms. The van der Waals surface area contributed by atoms with Gasteiger partial charge in [0, 0.05) is 23.8 Å². The second-order valence-corrected chi connectivity index (χ2v) is 9.21. The van der Waals surface area contributed by atoms with E-state index in [1.165, 1.54) is 12.1 Å². The van der Waals surface area contributed by atoms with E-state index in [1.807, 2.05) is 0 Å². The number of fused-ring (bicyclic) bond motifs is 1. The van der Waals surface area contributed by atoms with Crippen LogP contribution in [0.15, 0.2) is 69.9 Å². The predicted octanol–water partition coefficient (Wildman–Crippen LogP) is 1.33. The van der Waals surface area contributed by atoms with E-state index in [0.29, 0.717) is 5.56 Å². The largest absolute Gasteiger partial charge is 0.507 e. The number of aliphatic hydroxyl groups excluding tert-OH is 3. The molecule has 214 valence electrons. The van der Waals surface area contributed by atoms with Crippen LogP contribution in [-0.2, 0) is 9.47 Å². The van der Waals surface area contributed by atoms with E-state index in [-0.39, 0.29) is 22.5 Å². The fourth-order valence-corrected chi connectivity index (χ4v) is 4.39. The van der Waals surface area contributed by atoms with Crippen LogP contribution in [0.1, 0.15) is 10.4 Å². The Bertz CT molecular complexity index is 1630. The molecule has 1 fully saturated rings. The first-order chi connectivity index (χ1) is 19.6. The Balaban J connectivity index is 1.43. The van der Waals surface area contributed by atoms with Crippen molar-refractivity contribution in [3.63, 3.8) is 0 Å². The van der Waals surface area contributed by atoms with Gasteiger partial charge < -0.3 is 54.4 Å². The number of hydrogen-bond acceptors (Lipinski definition) is 13. The maximum absolute atomic E-state index is 12.7. The van der Waals surface area contributed by atoms with Crippen LogP contribution in [0.4, 0.5) is 0 Å². The Morgan fingerprint density at radius 1 is 0.878 bits per heavy atom. The zero-order valence-electron chi connectivity index (χ0n) is 20.9. The van der Waals surface area contributed by atoms with Crippen molar-refractivity contribution in [2.45, 2.75) is 30.7 Å². The summed E-state index contributed by atoms with van der Waals surface area (Å²) in [4.78, 5) is 25.4. The number of carbonyl (C=O) groups excluding carboxylic acids is 1. The van der Waals surface area contributed by atoms with Crippen molar-refractivity contribution in [1.29, 1.82) is 0 Å². The summed E-state index contributed by atoms with van der Waals surface area (Å²) < 4.78 is 22.2. The number of aliphatic hydroxyl groups is 3. The number of ether oxygens (including phenoxy) is 3. The second kappa shape index (κ2) is 11.0. The van der Waals surface area contributed by atoms with Crippen LogP contribution >= 0.6 is 0 Å². The van der Waals surface area contributed by atoms with E-state index >= 15 is 0 Å². The number of esters is 1. The number of hydrogen-bond donors (Lipinski definition) is 7. The number of benzene rings is 3. The van der Waals surface area contributed by atoms with Gasteiger partial charge in [0.25, 0.3) is 0 Å². The molecule has 7 N–H and O–H groups in total. The standard InChI is InChI=1S/C28H24O13/c29-11-21-24(35)26(41-27(37)13-6-17(32)23(34)18(33)7-13)25(36)28(40-21)38-14-8-15(30)22-16(31)10-19(39-20(22)9-14)12-4-2-1-3-5-12/h1-10,21,24-26,28-30,32-36H,11H2/t21-,24-,25-,26+,28-/m1/s1. The highest BCUT2D eigenvalue weighted by molar-refractivity contribution is 5.91. The van der Waals surface area contributed by atoms with Gasteiger partial charge in [0.2, 0.25) is 6.29 Å². The smallest absolute Gasteiger partial charge is 0.338 e. The van der Waals surface area contributed by atoms with Crippen LogP contribution < -0.4 is 10.2 Å². The molecule has 0 saturated carbocycles. The molecule has 2 heterocycles. The molecule has 3 aromatic carbocycles. The number of phenols is 4. The first-order valence-electron chi connectivity index (χ1n) is 12.2. The second-order valence-electron chi connectivity index (χ2n) is 9.21. The molecule has 0 bridgehead atoms. The molecular weight excluding hydrogens is 544 g/mol. The molecule has 0 aliphatic carbocycles. The van der Waals surface area contributed by atoms with Crippen LogP contribution in [0.3, 0.4) is 0 Å². The average Bonchev–Trinajstić information content (AvgIpc) is 2.95. The van der Waals surface area contributed by atoms with Gasteiger partial charge >= 0.3 is 5.97 Å². The minimum atomic E-state index is -1.86. The molecule has 0 unspecified atom stereocenters. The summed E-state index contributed by atoms with van der Waals surface area (Å²) in [5, 5.41) is 70.5. The number of aromatic hydroxyl groups is 4. The Morgan fingerprint density at radius 3 is 2.22 bits per heavy atom. The zero-order valence-corrected chi connectivity index (χ0v) is 20.9. The fraction of sp³-hybridized carbons (Fsp3) is 0.214. The van der Waals surface area contributed by atoms with E-state index in [9.17, 15) is 45.3 Å². The number of phenolic OH excluding ortho intramolecular Hbond substituents is 4.